The Morgan fingerprint density at radius 3 is 2.45 bits per heavy atom. The number of aromatic nitrogens is 10. The average Bonchev–Trinajstić information content (AvgIpc) is 3.80. The predicted octanol–water partition coefficient (Wildman–Crippen LogP) is 5.42. The number of hydrogen-bond acceptors (Lipinski definition) is 5. The molecular weight excluding hydrogens is 583 g/mol. The lowest BCUT2D eigenvalue weighted by atomic mass is 10.0. The Kier molecular flexibility index (Phi) is 7.24. The van der Waals surface area contributed by atoms with E-state index in [4.69, 9.17) is 11.6 Å². The van der Waals surface area contributed by atoms with Crippen molar-refractivity contribution in [3.8, 4) is 28.1 Å². The van der Waals surface area contributed by atoms with Crippen LogP contribution in [0.4, 0.5) is 22.0 Å². The lowest BCUT2D eigenvalue weighted by molar-refractivity contribution is -0.659. The SMILES string of the molecule is Fc1c(Cl)ccc(-[n+]2ccn[nH]2)c1-c1ccc([C@H](Cc2ccn(C(F)F)n2)n2cc(-c3ccnn3C(F)F)cn2)nc1. The van der Waals surface area contributed by atoms with Crippen LogP contribution in [-0.2, 0) is 6.42 Å². The van der Waals surface area contributed by atoms with Crippen molar-refractivity contribution >= 4 is 11.6 Å². The molecule has 1 aromatic carbocycles. The number of hydrogen-bond donors (Lipinski definition) is 1. The van der Waals surface area contributed by atoms with Gasteiger partial charge in [-0.15, -0.1) is 4.68 Å². The highest BCUT2D eigenvalue weighted by atomic mass is 35.5. The Morgan fingerprint density at radius 1 is 0.905 bits per heavy atom. The maximum Gasteiger partial charge on any atom is 0.333 e. The summed E-state index contributed by atoms with van der Waals surface area (Å²) in [7, 11) is 0. The van der Waals surface area contributed by atoms with Gasteiger partial charge in [0.25, 0.3) is 0 Å². The third-order valence-electron chi connectivity index (χ3n) is 6.54. The van der Waals surface area contributed by atoms with Crippen molar-refractivity contribution in [2.24, 2.45) is 0 Å². The van der Waals surface area contributed by atoms with Gasteiger partial charge in [-0.2, -0.15) is 32.9 Å². The lowest BCUT2D eigenvalue weighted by Crippen LogP contribution is -2.33. The van der Waals surface area contributed by atoms with Crippen molar-refractivity contribution < 1.29 is 26.6 Å². The first-order chi connectivity index (χ1) is 20.3. The molecule has 16 heteroatoms. The van der Waals surface area contributed by atoms with E-state index >= 15 is 4.39 Å². The molecular formula is C26H19ClF5N10+. The van der Waals surface area contributed by atoms with Crippen molar-refractivity contribution in [2.75, 3.05) is 0 Å². The van der Waals surface area contributed by atoms with E-state index in [2.05, 4.69) is 30.6 Å². The van der Waals surface area contributed by atoms with Gasteiger partial charge in [0, 0.05) is 47.4 Å². The molecule has 1 atom stereocenters. The number of H-pyrrole nitrogens is 1. The highest BCUT2D eigenvalue weighted by molar-refractivity contribution is 6.31. The first kappa shape index (κ1) is 27.3. The fourth-order valence-electron chi connectivity index (χ4n) is 4.59. The predicted molar refractivity (Wildman–Crippen MR) is 138 cm³/mol. The van der Waals surface area contributed by atoms with Crippen LogP contribution in [-0.4, -0.2) is 44.6 Å². The number of aromatic amines is 1. The molecule has 0 radical (unpaired) electrons. The van der Waals surface area contributed by atoms with Crippen molar-refractivity contribution in [1.29, 1.82) is 0 Å². The Labute approximate surface area is 238 Å². The highest BCUT2D eigenvalue weighted by Crippen LogP contribution is 2.33. The van der Waals surface area contributed by atoms with E-state index in [-0.39, 0.29) is 22.7 Å². The number of nitrogens with one attached hydrogen (secondary N) is 1. The van der Waals surface area contributed by atoms with E-state index in [1.165, 1.54) is 58.5 Å². The minimum Gasteiger partial charge on any atom is -0.263 e. The zero-order valence-electron chi connectivity index (χ0n) is 21.2. The van der Waals surface area contributed by atoms with E-state index in [0.29, 0.717) is 37.6 Å². The maximum absolute atomic E-state index is 15.3. The standard InChI is InChI=1S/C26H18ClF5N10/c27-18-2-4-21(39-10-8-34-38-39)23(24(18)28)15-1-3-19(33-12-15)22(11-17-6-9-40(37-17)25(29)30)41-14-16(13-36-41)20-5-7-35-42(20)26(31)32/h1-10,12-14,22,25-26H,11H2/p+1/t22-/m0/s1. The van der Waals surface area contributed by atoms with Crippen LogP contribution in [0.15, 0.2) is 79.8 Å². The normalized spacial score (nSPS) is 12.5. The Morgan fingerprint density at radius 2 is 1.76 bits per heavy atom. The maximum atomic E-state index is 15.3. The summed E-state index contributed by atoms with van der Waals surface area (Å²) in [6, 6.07) is 8.50. The summed E-state index contributed by atoms with van der Waals surface area (Å²) in [5.74, 6) is -0.660. The molecule has 5 aromatic heterocycles. The molecule has 0 saturated carbocycles. The first-order valence-corrected chi connectivity index (χ1v) is 12.7. The topological polar surface area (TPSA) is 98.9 Å². The van der Waals surface area contributed by atoms with E-state index in [9.17, 15) is 17.6 Å². The third kappa shape index (κ3) is 5.13. The fraction of sp³-hybridized carbons (Fsp3) is 0.154. The van der Waals surface area contributed by atoms with Crippen LogP contribution in [0.25, 0.3) is 28.1 Å². The molecule has 0 aliphatic rings. The van der Waals surface area contributed by atoms with Gasteiger partial charge >= 0.3 is 13.1 Å². The molecule has 10 nitrogen and oxygen atoms in total. The fourth-order valence-corrected chi connectivity index (χ4v) is 4.75. The molecule has 0 aliphatic heterocycles. The smallest absolute Gasteiger partial charge is 0.263 e. The third-order valence-corrected chi connectivity index (χ3v) is 6.83. The number of rotatable bonds is 9. The summed E-state index contributed by atoms with van der Waals surface area (Å²) in [5, 5.41) is 18.5. The van der Waals surface area contributed by atoms with Crippen LogP contribution in [0, 0.1) is 5.82 Å². The summed E-state index contributed by atoms with van der Waals surface area (Å²) in [4.78, 5) is 4.55. The van der Waals surface area contributed by atoms with Crippen LogP contribution < -0.4 is 4.68 Å². The number of benzene rings is 1. The lowest BCUT2D eigenvalue weighted by Gasteiger charge is -2.17. The zero-order valence-corrected chi connectivity index (χ0v) is 22.0. The molecule has 0 saturated heterocycles. The van der Waals surface area contributed by atoms with Gasteiger partial charge in [-0.05, 0) is 30.3 Å². The number of nitrogens with zero attached hydrogens (tertiary/aromatic N) is 9. The van der Waals surface area contributed by atoms with Crippen LogP contribution in [0.5, 0.6) is 0 Å². The molecule has 42 heavy (non-hydrogen) atoms. The molecule has 214 valence electrons. The van der Waals surface area contributed by atoms with Gasteiger partial charge in [0.2, 0.25) is 6.20 Å². The van der Waals surface area contributed by atoms with E-state index in [1.807, 2.05) is 0 Å². The van der Waals surface area contributed by atoms with Crippen molar-refractivity contribution in [3.05, 3.63) is 102 Å². The molecule has 0 amide bonds. The molecule has 0 fully saturated rings. The average molecular weight is 602 g/mol. The molecule has 0 spiro atoms. The summed E-state index contributed by atoms with van der Waals surface area (Å²) in [6.07, 6.45) is 9.97. The molecule has 0 aliphatic carbocycles. The van der Waals surface area contributed by atoms with Gasteiger partial charge < -0.3 is 0 Å². The molecule has 0 unspecified atom stereocenters. The second kappa shape index (κ2) is 11.2. The van der Waals surface area contributed by atoms with Gasteiger partial charge in [0.15, 0.2) is 17.7 Å². The monoisotopic (exact) mass is 601 g/mol. The largest absolute Gasteiger partial charge is 0.333 e. The Hall–Kier alpha value is -4.92. The van der Waals surface area contributed by atoms with Crippen molar-refractivity contribution in [3.63, 3.8) is 0 Å². The first-order valence-electron chi connectivity index (χ1n) is 12.3. The number of halogens is 6. The Balaban J connectivity index is 1.40. The summed E-state index contributed by atoms with van der Waals surface area (Å²) in [5.41, 5.74) is 2.25. The van der Waals surface area contributed by atoms with Crippen LogP contribution in [0.3, 0.4) is 0 Å². The van der Waals surface area contributed by atoms with Gasteiger partial charge in [-0.3, -0.25) is 9.67 Å². The Bertz CT molecular complexity index is 1810. The molecule has 0 bridgehead atoms. The van der Waals surface area contributed by atoms with Crippen LogP contribution in [0.1, 0.15) is 30.5 Å². The van der Waals surface area contributed by atoms with E-state index in [0.717, 1.165) is 6.20 Å². The zero-order chi connectivity index (χ0) is 29.4. The minimum absolute atomic E-state index is 0.0854. The van der Waals surface area contributed by atoms with Crippen LogP contribution in [0.2, 0.25) is 5.02 Å². The van der Waals surface area contributed by atoms with Gasteiger partial charge in [0.1, 0.15) is 0 Å². The number of pyridine rings is 1. The number of alkyl halides is 4. The van der Waals surface area contributed by atoms with Gasteiger partial charge in [-0.25, -0.2) is 13.8 Å². The molecule has 6 rings (SSSR count). The highest BCUT2D eigenvalue weighted by Gasteiger charge is 2.24. The summed E-state index contributed by atoms with van der Waals surface area (Å²) >= 11 is 6.09. The minimum atomic E-state index is -2.86. The molecule has 6 aromatic rings. The van der Waals surface area contributed by atoms with E-state index in [1.54, 1.807) is 24.4 Å². The summed E-state index contributed by atoms with van der Waals surface area (Å²) < 4.78 is 72.6. The second-order valence-corrected chi connectivity index (χ2v) is 9.46. The van der Waals surface area contributed by atoms with Crippen molar-refractivity contribution in [2.45, 2.75) is 25.6 Å². The van der Waals surface area contributed by atoms with Gasteiger partial charge in [-0.1, -0.05) is 22.9 Å². The summed E-state index contributed by atoms with van der Waals surface area (Å²) in [6.45, 7) is -5.69. The van der Waals surface area contributed by atoms with Crippen LogP contribution >= 0.6 is 11.6 Å². The van der Waals surface area contributed by atoms with Crippen molar-refractivity contribution in [1.82, 2.24) is 44.6 Å². The second-order valence-electron chi connectivity index (χ2n) is 9.06. The molecule has 1 N–H and O–H groups in total. The van der Waals surface area contributed by atoms with E-state index < -0.39 is 25.0 Å². The molecule has 5 heterocycles. The quantitative estimate of drug-likeness (QED) is 0.176. The van der Waals surface area contributed by atoms with Gasteiger partial charge in [0.05, 0.1) is 39.9 Å².